The molecule has 6 heteroatoms. The molecule has 1 atom stereocenters. The minimum absolute atomic E-state index is 0.00436. The van der Waals surface area contributed by atoms with Crippen LogP contribution >= 0.6 is 0 Å². The van der Waals surface area contributed by atoms with Gasteiger partial charge in [0.25, 0.3) is 0 Å². The van der Waals surface area contributed by atoms with Crippen molar-refractivity contribution in [3.63, 3.8) is 0 Å². The summed E-state index contributed by atoms with van der Waals surface area (Å²) in [6.45, 7) is 2.22. The maximum absolute atomic E-state index is 12.3. The van der Waals surface area contributed by atoms with E-state index in [1.54, 1.807) is 4.90 Å². The minimum atomic E-state index is -0.272. The van der Waals surface area contributed by atoms with Crippen molar-refractivity contribution in [2.45, 2.75) is 25.7 Å². The molecule has 1 aromatic rings. The van der Waals surface area contributed by atoms with Gasteiger partial charge in [-0.15, -0.1) is 0 Å². The van der Waals surface area contributed by atoms with Gasteiger partial charge in [-0.3, -0.25) is 9.59 Å². The summed E-state index contributed by atoms with van der Waals surface area (Å²) in [6, 6.07) is 5.49. The van der Waals surface area contributed by atoms with Crippen LogP contribution in [0.15, 0.2) is 18.2 Å². The van der Waals surface area contributed by atoms with Gasteiger partial charge in [-0.2, -0.15) is 0 Å². The van der Waals surface area contributed by atoms with E-state index < -0.39 is 0 Å². The molecular formula is C18H22N2O4. The van der Waals surface area contributed by atoms with Gasteiger partial charge in [0.2, 0.25) is 11.8 Å². The zero-order chi connectivity index (χ0) is 16.5. The smallest absolute Gasteiger partial charge is 0.227 e. The van der Waals surface area contributed by atoms with Gasteiger partial charge in [0, 0.05) is 31.3 Å². The highest BCUT2D eigenvalue weighted by Gasteiger charge is 2.35. The second-order valence-electron chi connectivity index (χ2n) is 6.78. The van der Waals surface area contributed by atoms with E-state index in [1.807, 2.05) is 18.2 Å². The molecular weight excluding hydrogens is 308 g/mol. The summed E-state index contributed by atoms with van der Waals surface area (Å²) in [6.07, 6.45) is 3.94. The Labute approximate surface area is 141 Å². The molecule has 24 heavy (non-hydrogen) atoms. The number of nitrogens with one attached hydrogen (secondary N) is 1. The van der Waals surface area contributed by atoms with E-state index in [9.17, 15) is 9.59 Å². The molecule has 1 aromatic carbocycles. The molecule has 2 heterocycles. The van der Waals surface area contributed by atoms with Gasteiger partial charge in [-0.05, 0) is 30.9 Å². The number of fused-ring (bicyclic) bond motifs is 1. The van der Waals surface area contributed by atoms with Crippen molar-refractivity contribution in [3.05, 3.63) is 18.2 Å². The normalized spacial score (nSPS) is 23.1. The third kappa shape index (κ3) is 2.92. The highest BCUT2D eigenvalue weighted by atomic mass is 16.6. The van der Waals surface area contributed by atoms with E-state index in [0.717, 1.165) is 12.2 Å². The first-order valence-electron chi connectivity index (χ1n) is 8.68. The number of carbonyl (C=O) groups is 2. The van der Waals surface area contributed by atoms with E-state index in [0.29, 0.717) is 37.2 Å². The fraction of sp³-hybridized carbons (Fsp3) is 0.556. The number of ether oxygens (including phenoxy) is 2. The number of nitrogens with zero attached hydrogens (tertiary/aromatic N) is 1. The number of amides is 2. The number of benzene rings is 1. The van der Waals surface area contributed by atoms with Crippen LogP contribution in [0.3, 0.4) is 0 Å². The zero-order valence-electron chi connectivity index (χ0n) is 13.6. The van der Waals surface area contributed by atoms with Gasteiger partial charge in [0.05, 0.1) is 5.92 Å². The number of rotatable bonds is 4. The highest BCUT2D eigenvalue weighted by Crippen LogP contribution is 2.36. The van der Waals surface area contributed by atoms with Gasteiger partial charge < -0.3 is 19.7 Å². The van der Waals surface area contributed by atoms with Crippen LogP contribution in [-0.4, -0.2) is 38.1 Å². The average molecular weight is 330 g/mol. The Balaban J connectivity index is 1.41. The fourth-order valence-electron chi connectivity index (χ4n) is 3.42. The molecule has 2 aliphatic heterocycles. The standard InChI is InChI=1S/C18H22N2O4/c21-17-8-13(18(22)19-10-12-2-1-3-12)11-20(17)14-4-5-15-16(9-14)24-7-6-23-15/h4-5,9,12-13H,1-3,6-8,10-11H2,(H,19,22)/t13-/m0/s1. The lowest BCUT2D eigenvalue weighted by Crippen LogP contribution is -2.37. The average Bonchev–Trinajstić information content (AvgIpc) is 2.95. The van der Waals surface area contributed by atoms with E-state index in [1.165, 1.54) is 19.3 Å². The number of hydrogen-bond acceptors (Lipinski definition) is 4. The summed E-state index contributed by atoms with van der Waals surface area (Å²) >= 11 is 0. The number of anilines is 1. The summed E-state index contributed by atoms with van der Waals surface area (Å²) in [5.41, 5.74) is 0.763. The van der Waals surface area contributed by atoms with Gasteiger partial charge in [-0.25, -0.2) is 0 Å². The Morgan fingerprint density at radius 2 is 2.00 bits per heavy atom. The maximum atomic E-state index is 12.3. The van der Waals surface area contributed by atoms with Crippen LogP contribution in [0.5, 0.6) is 11.5 Å². The quantitative estimate of drug-likeness (QED) is 0.913. The monoisotopic (exact) mass is 330 g/mol. The molecule has 0 aromatic heterocycles. The summed E-state index contributed by atoms with van der Waals surface area (Å²) in [4.78, 5) is 26.3. The van der Waals surface area contributed by atoms with Crippen LogP contribution in [-0.2, 0) is 9.59 Å². The Bertz CT molecular complexity index is 656. The third-order valence-electron chi connectivity index (χ3n) is 5.12. The van der Waals surface area contributed by atoms with Crippen LogP contribution in [0.4, 0.5) is 5.69 Å². The third-order valence-corrected chi connectivity index (χ3v) is 5.12. The predicted molar refractivity (Wildman–Crippen MR) is 88.2 cm³/mol. The van der Waals surface area contributed by atoms with Gasteiger partial charge in [0.1, 0.15) is 13.2 Å². The Morgan fingerprint density at radius 1 is 1.21 bits per heavy atom. The summed E-state index contributed by atoms with van der Waals surface area (Å²) in [5.74, 6) is 1.69. The van der Waals surface area contributed by atoms with Crippen LogP contribution in [0.25, 0.3) is 0 Å². The number of hydrogen-bond donors (Lipinski definition) is 1. The lowest BCUT2D eigenvalue weighted by Gasteiger charge is -2.26. The molecule has 1 saturated carbocycles. The molecule has 2 amide bonds. The van der Waals surface area contributed by atoms with Crippen molar-refractivity contribution < 1.29 is 19.1 Å². The number of carbonyl (C=O) groups excluding carboxylic acids is 2. The summed E-state index contributed by atoms with van der Waals surface area (Å²) in [5, 5.41) is 3.01. The van der Waals surface area contributed by atoms with Gasteiger partial charge in [0.15, 0.2) is 11.5 Å². The van der Waals surface area contributed by atoms with Crippen molar-refractivity contribution in [2.24, 2.45) is 11.8 Å². The summed E-state index contributed by atoms with van der Waals surface area (Å²) in [7, 11) is 0. The SMILES string of the molecule is O=C(NCC1CCC1)[C@H]1CC(=O)N(c2ccc3c(c2)OCCO3)C1. The molecule has 2 fully saturated rings. The fourth-order valence-corrected chi connectivity index (χ4v) is 3.42. The first-order chi connectivity index (χ1) is 11.7. The molecule has 0 spiro atoms. The molecule has 6 nitrogen and oxygen atoms in total. The van der Waals surface area contributed by atoms with E-state index in [-0.39, 0.29) is 24.2 Å². The second kappa shape index (κ2) is 6.34. The maximum Gasteiger partial charge on any atom is 0.227 e. The molecule has 0 radical (unpaired) electrons. The van der Waals surface area contributed by atoms with Crippen molar-refractivity contribution in [1.29, 1.82) is 0 Å². The van der Waals surface area contributed by atoms with Gasteiger partial charge in [-0.1, -0.05) is 6.42 Å². The Morgan fingerprint density at radius 3 is 2.75 bits per heavy atom. The van der Waals surface area contributed by atoms with Crippen LogP contribution in [0.2, 0.25) is 0 Å². The first kappa shape index (κ1) is 15.3. The van der Waals surface area contributed by atoms with Crippen molar-refractivity contribution in [2.75, 3.05) is 31.2 Å². The summed E-state index contributed by atoms with van der Waals surface area (Å²) < 4.78 is 11.1. The Kier molecular flexibility index (Phi) is 4.04. The Hall–Kier alpha value is -2.24. The van der Waals surface area contributed by atoms with Crippen molar-refractivity contribution in [3.8, 4) is 11.5 Å². The van der Waals surface area contributed by atoms with Crippen LogP contribution in [0.1, 0.15) is 25.7 Å². The van der Waals surface area contributed by atoms with Gasteiger partial charge >= 0.3 is 0 Å². The predicted octanol–water partition coefficient (Wildman–Crippen LogP) is 1.73. The lowest BCUT2D eigenvalue weighted by atomic mass is 9.85. The largest absolute Gasteiger partial charge is 0.486 e. The van der Waals surface area contributed by atoms with Crippen LogP contribution < -0.4 is 19.7 Å². The molecule has 128 valence electrons. The van der Waals surface area contributed by atoms with E-state index >= 15 is 0 Å². The molecule has 1 aliphatic carbocycles. The molecule has 1 N–H and O–H groups in total. The molecule has 0 bridgehead atoms. The molecule has 0 unspecified atom stereocenters. The van der Waals surface area contributed by atoms with Crippen molar-refractivity contribution >= 4 is 17.5 Å². The second-order valence-corrected chi connectivity index (χ2v) is 6.78. The molecule has 3 aliphatic rings. The van der Waals surface area contributed by atoms with Crippen molar-refractivity contribution in [1.82, 2.24) is 5.32 Å². The zero-order valence-corrected chi connectivity index (χ0v) is 13.6. The molecule has 4 rings (SSSR count). The van der Waals surface area contributed by atoms with Crippen LogP contribution in [0, 0.1) is 11.8 Å². The van der Waals surface area contributed by atoms with E-state index in [2.05, 4.69) is 5.32 Å². The molecule has 1 saturated heterocycles. The highest BCUT2D eigenvalue weighted by molar-refractivity contribution is 6.00. The topological polar surface area (TPSA) is 67.9 Å². The first-order valence-corrected chi connectivity index (χ1v) is 8.68. The lowest BCUT2D eigenvalue weighted by molar-refractivity contribution is -0.126. The van der Waals surface area contributed by atoms with E-state index in [4.69, 9.17) is 9.47 Å². The minimum Gasteiger partial charge on any atom is -0.486 e.